The Kier molecular flexibility index (Phi) is 6.96. The van der Waals surface area contributed by atoms with Crippen LogP contribution >= 0.6 is 0 Å². The van der Waals surface area contributed by atoms with Crippen molar-refractivity contribution < 1.29 is 14.6 Å². The van der Waals surface area contributed by atoms with Gasteiger partial charge < -0.3 is 9.84 Å². The molecule has 4 saturated carbocycles. The molecule has 0 unspecified atom stereocenters. The van der Waals surface area contributed by atoms with Crippen LogP contribution in [0.5, 0.6) is 0 Å². The molecule has 4 rings (SSSR count). The van der Waals surface area contributed by atoms with Crippen molar-refractivity contribution in [1.82, 2.24) is 0 Å². The summed E-state index contributed by atoms with van der Waals surface area (Å²) in [4.78, 5) is 11.8. The summed E-state index contributed by atoms with van der Waals surface area (Å²) < 4.78 is 5.87. The van der Waals surface area contributed by atoms with Crippen molar-refractivity contribution in [2.24, 2.45) is 45.3 Å². The molecule has 4 fully saturated rings. The van der Waals surface area contributed by atoms with E-state index in [2.05, 4.69) is 47.8 Å². The molecular formula is C32H52O3. The molecule has 35 heavy (non-hydrogen) atoms. The van der Waals surface area contributed by atoms with Crippen molar-refractivity contribution >= 4 is 5.97 Å². The van der Waals surface area contributed by atoms with Gasteiger partial charge in [-0.2, -0.15) is 0 Å². The molecule has 0 saturated heterocycles. The van der Waals surface area contributed by atoms with E-state index in [-0.39, 0.29) is 17.5 Å². The molecule has 0 aromatic rings. The van der Waals surface area contributed by atoms with E-state index in [1.165, 1.54) is 50.5 Å². The molecule has 4 aliphatic carbocycles. The average molecular weight is 485 g/mol. The van der Waals surface area contributed by atoms with Crippen LogP contribution in [0.1, 0.15) is 113 Å². The van der Waals surface area contributed by atoms with Crippen molar-refractivity contribution in [1.29, 1.82) is 0 Å². The molecule has 4 aliphatic rings. The molecule has 0 radical (unpaired) electrons. The second kappa shape index (κ2) is 9.03. The van der Waals surface area contributed by atoms with E-state index in [0.717, 1.165) is 30.8 Å². The molecule has 0 spiro atoms. The minimum atomic E-state index is -0.409. The van der Waals surface area contributed by atoms with Gasteiger partial charge in [-0.3, -0.25) is 4.79 Å². The van der Waals surface area contributed by atoms with E-state index < -0.39 is 6.10 Å². The first-order valence-corrected chi connectivity index (χ1v) is 14.4. The van der Waals surface area contributed by atoms with E-state index in [1.807, 2.05) is 6.92 Å². The molecule has 0 aromatic carbocycles. The summed E-state index contributed by atoms with van der Waals surface area (Å²) in [5.41, 5.74) is 3.25. The number of rotatable bonds is 6. The summed E-state index contributed by atoms with van der Waals surface area (Å²) in [5, 5.41) is 10.3. The van der Waals surface area contributed by atoms with E-state index >= 15 is 0 Å². The molecule has 3 heteroatoms. The molecule has 0 bridgehead atoms. The number of carbonyl (C=O) groups is 1. The van der Waals surface area contributed by atoms with Gasteiger partial charge >= 0.3 is 5.97 Å². The highest BCUT2D eigenvalue weighted by molar-refractivity contribution is 5.66. The lowest BCUT2D eigenvalue weighted by molar-refractivity contribution is -0.226. The lowest BCUT2D eigenvalue weighted by atomic mass is 9.35. The average Bonchev–Trinajstić information content (AvgIpc) is 3.12. The van der Waals surface area contributed by atoms with Crippen molar-refractivity contribution in [2.45, 2.75) is 125 Å². The minimum Gasteiger partial charge on any atom is -0.462 e. The third-order valence-electron chi connectivity index (χ3n) is 12.5. The Hall–Kier alpha value is -1.09. The van der Waals surface area contributed by atoms with Crippen molar-refractivity contribution in [3.8, 4) is 0 Å². The van der Waals surface area contributed by atoms with Gasteiger partial charge in [-0.1, -0.05) is 58.9 Å². The number of ether oxygens (including phenoxy) is 1. The smallest absolute Gasteiger partial charge is 0.302 e. The molecule has 3 nitrogen and oxygen atoms in total. The Bertz CT molecular complexity index is 872. The van der Waals surface area contributed by atoms with Gasteiger partial charge in [-0.15, -0.1) is 0 Å². The van der Waals surface area contributed by atoms with Gasteiger partial charge in [0.2, 0.25) is 0 Å². The second-order valence-corrected chi connectivity index (χ2v) is 14.3. The monoisotopic (exact) mass is 484 g/mol. The number of hydrogen-bond acceptors (Lipinski definition) is 3. The van der Waals surface area contributed by atoms with Crippen molar-refractivity contribution in [3.63, 3.8) is 0 Å². The number of aliphatic hydroxyl groups excluding tert-OH is 1. The molecule has 0 amide bonds. The Morgan fingerprint density at radius 1 is 0.914 bits per heavy atom. The standard InChI is InChI=1S/C32H52O3/c1-20(2)25(34)12-10-21(3)23-14-18-31(8)24(23)11-13-27-30(7)17-16-28(35-22(4)33)29(5,6)26(30)15-19-32(27,31)9/h23-28,34H,1,3,10-19H2,2,4-9H3/t23-,24+,25+,26+,27-,28+,30+,31+,32-/m1/s1. The van der Waals surface area contributed by atoms with Gasteiger partial charge in [-0.05, 0) is 111 Å². The van der Waals surface area contributed by atoms with Gasteiger partial charge in [-0.25, -0.2) is 0 Å². The Labute approximate surface area is 215 Å². The number of aliphatic hydroxyl groups is 1. The lowest BCUT2D eigenvalue weighted by Crippen LogP contribution is -2.64. The zero-order valence-electron chi connectivity index (χ0n) is 23.7. The van der Waals surface area contributed by atoms with Gasteiger partial charge in [0.15, 0.2) is 0 Å². The molecular weight excluding hydrogens is 432 g/mol. The number of fused-ring (bicyclic) bond motifs is 5. The minimum absolute atomic E-state index is 0.0222. The van der Waals surface area contributed by atoms with E-state index in [9.17, 15) is 9.90 Å². The summed E-state index contributed by atoms with van der Waals surface area (Å²) in [7, 11) is 0. The SMILES string of the molecule is C=C(CC[C@H](O)C(=C)C)[C@H]1CC[C@@]2(C)[C@H]1CC[C@@H]1[C@@]3(C)CC[C@H](OC(C)=O)C(C)(C)[C@@H]3CC[C@]12C. The number of carbonyl (C=O) groups excluding carboxylic acids is 1. The fraction of sp³-hybridized carbons (Fsp3) is 0.844. The predicted octanol–water partition coefficient (Wildman–Crippen LogP) is 7.88. The van der Waals surface area contributed by atoms with Gasteiger partial charge in [0, 0.05) is 12.3 Å². The number of hydrogen-bond donors (Lipinski definition) is 1. The third-order valence-corrected chi connectivity index (χ3v) is 12.5. The van der Waals surface area contributed by atoms with Crippen LogP contribution in [-0.4, -0.2) is 23.3 Å². The Morgan fingerprint density at radius 2 is 1.57 bits per heavy atom. The maximum Gasteiger partial charge on any atom is 0.302 e. The van der Waals surface area contributed by atoms with Crippen LogP contribution in [0.25, 0.3) is 0 Å². The maximum absolute atomic E-state index is 11.8. The van der Waals surface area contributed by atoms with Gasteiger partial charge in [0.05, 0.1) is 6.10 Å². The molecule has 0 aliphatic heterocycles. The maximum atomic E-state index is 11.8. The largest absolute Gasteiger partial charge is 0.462 e. The van der Waals surface area contributed by atoms with Crippen LogP contribution in [-0.2, 0) is 9.53 Å². The van der Waals surface area contributed by atoms with E-state index in [0.29, 0.717) is 34.0 Å². The predicted molar refractivity (Wildman–Crippen MR) is 144 cm³/mol. The van der Waals surface area contributed by atoms with Crippen LogP contribution in [0.3, 0.4) is 0 Å². The third kappa shape index (κ3) is 4.07. The summed E-state index contributed by atoms with van der Waals surface area (Å²) in [5.74, 6) is 2.50. The van der Waals surface area contributed by atoms with E-state index in [1.54, 1.807) is 6.92 Å². The Balaban J connectivity index is 1.56. The van der Waals surface area contributed by atoms with Gasteiger partial charge in [0.1, 0.15) is 6.10 Å². The van der Waals surface area contributed by atoms with Crippen LogP contribution in [0.4, 0.5) is 0 Å². The molecule has 9 atom stereocenters. The van der Waals surface area contributed by atoms with Crippen molar-refractivity contribution in [2.75, 3.05) is 0 Å². The fourth-order valence-corrected chi connectivity index (χ4v) is 10.4. The molecule has 198 valence electrons. The first kappa shape index (κ1) is 27.0. The first-order chi connectivity index (χ1) is 16.2. The van der Waals surface area contributed by atoms with E-state index in [4.69, 9.17) is 4.74 Å². The number of allylic oxidation sites excluding steroid dienone is 1. The highest BCUT2D eigenvalue weighted by Gasteiger charge is 2.68. The Morgan fingerprint density at radius 3 is 2.20 bits per heavy atom. The topological polar surface area (TPSA) is 46.5 Å². The van der Waals surface area contributed by atoms with Crippen LogP contribution < -0.4 is 0 Å². The summed E-state index contributed by atoms with van der Waals surface area (Å²) in [6.45, 7) is 24.6. The van der Waals surface area contributed by atoms with Crippen molar-refractivity contribution in [3.05, 3.63) is 24.3 Å². The summed E-state index contributed by atoms with van der Waals surface area (Å²) in [6.07, 6.45) is 11.2. The normalized spacial score (nSPS) is 45.0. The summed E-state index contributed by atoms with van der Waals surface area (Å²) >= 11 is 0. The van der Waals surface area contributed by atoms with Crippen LogP contribution in [0.15, 0.2) is 24.3 Å². The first-order valence-electron chi connectivity index (χ1n) is 14.4. The molecule has 0 heterocycles. The van der Waals surface area contributed by atoms with Crippen LogP contribution in [0.2, 0.25) is 0 Å². The highest BCUT2D eigenvalue weighted by Crippen LogP contribution is 2.75. The lowest BCUT2D eigenvalue weighted by Gasteiger charge is -2.70. The highest BCUT2D eigenvalue weighted by atomic mass is 16.5. The summed E-state index contributed by atoms with van der Waals surface area (Å²) in [6, 6.07) is 0. The zero-order chi connectivity index (χ0) is 26.0. The fourth-order valence-electron chi connectivity index (χ4n) is 10.4. The quantitative estimate of drug-likeness (QED) is 0.308. The molecule has 1 N–H and O–H groups in total. The zero-order valence-corrected chi connectivity index (χ0v) is 23.7. The second-order valence-electron chi connectivity index (χ2n) is 14.3. The number of esters is 1. The van der Waals surface area contributed by atoms with Crippen LogP contribution in [0, 0.1) is 45.3 Å². The molecule has 0 aromatic heterocycles. The van der Waals surface area contributed by atoms with Gasteiger partial charge in [0.25, 0.3) is 0 Å².